The summed E-state index contributed by atoms with van der Waals surface area (Å²) in [5, 5.41) is 11.1. The van der Waals surface area contributed by atoms with E-state index in [1.165, 1.54) is 5.56 Å². The molecule has 4 nitrogen and oxygen atoms in total. The smallest absolute Gasteiger partial charge is 0.257 e. The van der Waals surface area contributed by atoms with Crippen molar-refractivity contribution in [3.63, 3.8) is 0 Å². The molecule has 2 aromatic carbocycles. The van der Waals surface area contributed by atoms with Gasteiger partial charge in [-0.1, -0.05) is 36.4 Å². The number of fused-ring (bicyclic) bond motifs is 1. The Morgan fingerprint density at radius 2 is 1.80 bits per heavy atom. The third kappa shape index (κ3) is 3.07. The molecule has 126 valence electrons. The summed E-state index contributed by atoms with van der Waals surface area (Å²) in [7, 11) is 0. The van der Waals surface area contributed by atoms with Gasteiger partial charge in [-0.3, -0.25) is 9.78 Å². The van der Waals surface area contributed by atoms with Gasteiger partial charge in [0.05, 0.1) is 11.1 Å². The number of likely N-dealkylation sites (tertiary alicyclic amines) is 1. The lowest BCUT2D eigenvalue weighted by molar-refractivity contribution is 0.0710. The highest BCUT2D eigenvalue weighted by Crippen LogP contribution is 2.30. The molecule has 1 amide bonds. The van der Waals surface area contributed by atoms with E-state index in [-0.39, 0.29) is 11.7 Å². The van der Waals surface area contributed by atoms with Crippen molar-refractivity contribution in [2.45, 2.75) is 18.8 Å². The zero-order chi connectivity index (χ0) is 17.2. The van der Waals surface area contributed by atoms with Crippen molar-refractivity contribution >= 4 is 16.8 Å². The minimum absolute atomic E-state index is 0.0238. The number of rotatable bonds is 2. The summed E-state index contributed by atoms with van der Waals surface area (Å²) in [5.41, 5.74) is 2.40. The van der Waals surface area contributed by atoms with E-state index in [0.717, 1.165) is 23.7 Å². The second-order valence-corrected chi connectivity index (χ2v) is 6.54. The Labute approximate surface area is 146 Å². The molecule has 25 heavy (non-hydrogen) atoms. The first-order valence-electron chi connectivity index (χ1n) is 8.64. The zero-order valence-electron chi connectivity index (χ0n) is 13.9. The molecule has 1 fully saturated rings. The van der Waals surface area contributed by atoms with Crippen LogP contribution in [0.2, 0.25) is 0 Å². The number of aromatic nitrogens is 1. The first-order valence-corrected chi connectivity index (χ1v) is 8.64. The Kier molecular flexibility index (Phi) is 4.10. The number of benzene rings is 2. The van der Waals surface area contributed by atoms with E-state index in [9.17, 15) is 9.90 Å². The van der Waals surface area contributed by atoms with E-state index in [0.29, 0.717) is 24.6 Å². The molecular weight excluding hydrogens is 312 g/mol. The van der Waals surface area contributed by atoms with Crippen LogP contribution in [0.3, 0.4) is 0 Å². The van der Waals surface area contributed by atoms with E-state index in [2.05, 4.69) is 29.2 Å². The molecule has 0 unspecified atom stereocenters. The van der Waals surface area contributed by atoms with Gasteiger partial charge in [0.2, 0.25) is 0 Å². The molecule has 0 atom stereocenters. The fourth-order valence-electron chi connectivity index (χ4n) is 3.59. The predicted octanol–water partition coefficient (Wildman–Crippen LogP) is 3.96. The van der Waals surface area contributed by atoms with Gasteiger partial charge in [0, 0.05) is 24.7 Å². The van der Waals surface area contributed by atoms with Gasteiger partial charge >= 0.3 is 0 Å². The first-order chi connectivity index (χ1) is 12.2. The second kappa shape index (κ2) is 6.55. The summed E-state index contributed by atoms with van der Waals surface area (Å²) in [6, 6.07) is 17.5. The average molecular weight is 332 g/mol. The predicted molar refractivity (Wildman–Crippen MR) is 97.7 cm³/mol. The number of pyridine rings is 1. The van der Waals surface area contributed by atoms with Gasteiger partial charge in [-0.05, 0) is 42.5 Å². The van der Waals surface area contributed by atoms with Gasteiger partial charge in [0.15, 0.2) is 0 Å². The van der Waals surface area contributed by atoms with Crippen LogP contribution < -0.4 is 0 Å². The molecule has 0 aliphatic carbocycles. The van der Waals surface area contributed by atoms with E-state index in [1.54, 1.807) is 18.3 Å². The maximum atomic E-state index is 12.8. The van der Waals surface area contributed by atoms with Crippen molar-refractivity contribution in [3.05, 3.63) is 71.9 Å². The minimum Gasteiger partial charge on any atom is -0.507 e. The lowest BCUT2D eigenvalue weighted by Crippen LogP contribution is -2.37. The standard InChI is InChI=1S/C21H20N2O2/c24-20-13-17-7-4-10-22-19(17)14-18(20)21(25)23-11-8-16(9-12-23)15-5-2-1-3-6-15/h1-7,10,13-14,16,24H,8-9,11-12H2. The van der Waals surface area contributed by atoms with Crippen LogP contribution in [0.1, 0.15) is 34.7 Å². The van der Waals surface area contributed by atoms with E-state index >= 15 is 0 Å². The van der Waals surface area contributed by atoms with Gasteiger partial charge in [0.25, 0.3) is 5.91 Å². The van der Waals surface area contributed by atoms with E-state index in [1.807, 2.05) is 23.1 Å². The largest absolute Gasteiger partial charge is 0.507 e. The number of phenols is 1. The number of piperidine rings is 1. The fraction of sp³-hybridized carbons (Fsp3) is 0.238. The van der Waals surface area contributed by atoms with Gasteiger partial charge in [-0.2, -0.15) is 0 Å². The van der Waals surface area contributed by atoms with E-state index in [4.69, 9.17) is 0 Å². The molecule has 4 heteroatoms. The topological polar surface area (TPSA) is 53.4 Å². The number of nitrogens with zero attached hydrogens (tertiary/aromatic N) is 2. The molecule has 0 spiro atoms. The monoisotopic (exact) mass is 332 g/mol. The van der Waals surface area contributed by atoms with Crippen LogP contribution in [-0.2, 0) is 0 Å². The van der Waals surface area contributed by atoms with Crippen LogP contribution in [0, 0.1) is 0 Å². The van der Waals surface area contributed by atoms with Crippen LogP contribution in [0.25, 0.3) is 10.9 Å². The molecule has 1 N–H and O–H groups in total. The number of aromatic hydroxyl groups is 1. The highest BCUT2D eigenvalue weighted by molar-refractivity contribution is 6.00. The van der Waals surface area contributed by atoms with E-state index < -0.39 is 0 Å². The van der Waals surface area contributed by atoms with Crippen molar-refractivity contribution in [1.82, 2.24) is 9.88 Å². The molecule has 1 aliphatic rings. The molecule has 3 aromatic rings. The molecule has 0 saturated carbocycles. The quantitative estimate of drug-likeness (QED) is 0.773. The Bertz CT molecular complexity index is 900. The van der Waals surface area contributed by atoms with Crippen molar-refractivity contribution < 1.29 is 9.90 Å². The first kappa shape index (κ1) is 15.6. The molecule has 4 rings (SSSR count). The van der Waals surface area contributed by atoms with Crippen molar-refractivity contribution in [2.24, 2.45) is 0 Å². The van der Waals surface area contributed by atoms with Crippen LogP contribution in [0.5, 0.6) is 5.75 Å². The van der Waals surface area contributed by atoms with Gasteiger partial charge < -0.3 is 10.0 Å². The Hall–Kier alpha value is -2.88. The van der Waals surface area contributed by atoms with Crippen LogP contribution in [0.15, 0.2) is 60.8 Å². The molecule has 0 bridgehead atoms. The Morgan fingerprint density at radius 1 is 1.04 bits per heavy atom. The molecule has 1 saturated heterocycles. The second-order valence-electron chi connectivity index (χ2n) is 6.54. The lowest BCUT2D eigenvalue weighted by Gasteiger charge is -2.32. The summed E-state index contributed by atoms with van der Waals surface area (Å²) >= 11 is 0. The normalized spacial score (nSPS) is 15.4. The number of hydrogen-bond donors (Lipinski definition) is 1. The van der Waals surface area contributed by atoms with Crippen molar-refractivity contribution in [3.8, 4) is 5.75 Å². The third-order valence-corrected chi connectivity index (χ3v) is 5.00. The molecule has 1 aliphatic heterocycles. The van der Waals surface area contributed by atoms with Crippen molar-refractivity contribution in [1.29, 1.82) is 0 Å². The number of carbonyl (C=O) groups excluding carboxylic acids is 1. The summed E-state index contributed by atoms with van der Waals surface area (Å²) in [6.45, 7) is 1.41. The lowest BCUT2D eigenvalue weighted by atomic mass is 9.89. The molecular formula is C21H20N2O2. The van der Waals surface area contributed by atoms with Crippen molar-refractivity contribution in [2.75, 3.05) is 13.1 Å². The summed E-state index contributed by atoms with van der Waals surface area (Å²) in [6.07, 6.45) is 3.59. The number of phenolic OH excluding ortho intramolecular Hbond substituents is 1. The Morgan fingerprint density at radius 3 is 2.56 bits per heavy atom. The number of amides is 1. The summed E-state index contributed by atoms with van der Waals surface area (Å²) in [5.74, 6) is 0.407. The van der Waals surface area contributed by atoms with Crippen LogP contribution >= 0.6 is 0 Å². The fourth-order valence-corrected chi connectivity index (χ4v) is 3.59. The highest BCUT2D eigenvalue weighted by atomic mass is 16.3. The summed E-state index contributed by atoms with van der Waals surface area (Å²) < 4.78 is 0. The highest BCUT2D eigenvalue weighted by Gasteiger charge is 2.26. The molecule has 0 radical (unpaired) electrons. The average Bonchev–Trinajstić information content (AvgIpc) is 2.68. The molecule has 1 aromatic heterocycles. The zero-order valence-corrected chi connectivity index (χ0v) is 13.9. The van der Waals surface area contributed by atoms with Gasteiger partial charge in [0.1, 0.15) is 5.75 Å². The maximum absolute atomic E-state index is 12.8. The molecule has 2 heterocycles. The minimum atomic E-state index is -0.114. The third-order valence-electron chi connectivity index (χ3n) is 5.00. The Balaban J connectivity index is 1.52. The van der Waals surface area contributed by atoms with Gasteiger partial charge in [-0.25, -0.2) is 0 Å². The van der Waals surface area contributed by atoms with Crippen LogP contribution in [-0.4, -0.2) is 34.0 Å². The number of hydrogen-bond acceptors (Lipinski definition) is 3. The summed E-state index contributed by atoms with van der Waals surface area (Å²) in [4.78, 5) is 19.0. The maximum Gasteiger partial charge on any atom is 0.257 e. The SMILES string of the molecule is O=C(c1cc2ncccc2cc1O)N1CCC(c2ccccc2)CC1. The number of carbonyl (C=O) groups is 1. The van der Waals surface area contributed by atoms with Gasteiger partial charge in [-0.15, -0.1) is 0 Å². The van der Waals surface area contributed by atoms with Crippen LogP contribution in [0.4, 0.5) is 0 Å².